The van der Waals surface area contributed by atoms with Gasteiger partial charge >= 0.3 is 0 Å². The number of nitrogens with zero attached hydrogens (tertiary/aromatic N) is 12. The van der Waals surface area contributed by atoms with E-state index in [1.807, 2.05) is 54.6 Å². The predicted octanol–water partition coefficient (Wildman–Crippen LogP) is 11.6. The first-order chi connectivity index (χ1) is 59.4. The highest BCUT2D eigenvalue weighted by atomic mass is 19.1. The Bertz CT molecular complexity index is 4870. The molecular formula is C98H123FN16O8. The van der Waals surface area contributed by atoms with Crippen LogP contribution < -0.4 is 21.7 Å². The summed E-state index contributed by atoms with van der Waals surface area (Å²) in [6.45, 7) is 44.5. The first kappa shape index (κ1) is 94.9. The van der Waals surface area contributed by atoms with Gasteiger partial charge in [0.15, 0.2) is 0 Å². The van der Waals surface area contributed by atoms with Gasteiger partial charge in [-0.3, -0.25) is 58.4 Å². The number of carbonyl (C=O) groups excluding carboxylic acids is 4. The van der Waals surface area contributed by atoms with E-state index in [1.165, 1.54) is 70.4 Å². The number of hydrogen-bond acceptors (Lipinski definition) is 20. The minimum absolute atomic E-state index is 0.146. The Kier molecular flexibility index (Phi) is 38.5. The number of rotatable bonds is 32. The summed E-state index contributed by atoms with van der Waals surface area (Å²) in [5, 5.41) is 56.9. The maximum atomic E-state index is 13.0. The molecule has 0 unspecified atom stereocenters. The lowest BCUT2D eigenvalue weighted by molar-refractivity contribution is -0.123. The van der Waals surface area contributed by atoms with Crippen LogP contribution in [0.25, 0.3) is 0 Å². The Labute approximate surface area is 725 Å². The topological polar surface area (TPSA) is 273 Å². The minimum Gasteiger partial charge on any atom is -0.507 e. The largest absolute Gasteiger partial charge is 0.507 e. The second-order valence-electron chi connectivity index (χ2n) is 32.3. The quantitative estimate of drug-likeness (QED) is 0.0111. The van der Waals surface area contributed by atoms with Crippen LogP contribution in [0.1, 0.15) is 104 Å². The second-order valence-corrected chi connectivity index (χ2v) is 32.3. The lowest BCUT2D eigenvalue weighted by Crippen LogP contribution is -2.48. The molecule has 0 bridgehead atoms. The van der Waals surface area contributed by atoms with E-state index in [0.717, 1.165) is 159 Å². The molecule has 4 saturated heterocycles. The van der Waals surface area contributed by atoms with Gasteiger partial charge in [-0.05, 0) is 143 Å². The average Bonchev–Trinajstić information content (AvgIpc) is 0.624. The number of amides is 4. The molecule has 25 heteroatoms. The number of halogens is 1. The fraction of sp³-hybridized carbons (Fsp3) is 0.347. The molecule has 123 heavy (non-hydrogen) atoms. The lowest BCUT2D eigenvalue weighted by Gasteiger charge is -2.34. The minimum atomic E-state index is -0.225. The highest BCUT2D eigenvalue weighted by Gasteiger charge is 2.25. The molecule has 8 aromatic carbocycles. The van der Waals surface area contributed by atoms with Crippen molar-refractivity contribution in [1.29, 1.82) is 0 Å². The summed E-state index contributed by atoms with van der Waals surface area (Å²) in [6.07, 6.45) is 15.1. The number of para-hydroxylation sites is 4. The van der Waals surface area contributed by atoms with Crippen molar-refractivity contribution < 1.29 is 44.0 Å². The maximum Gasteiger partial charge on any atom is 0.254 e. The smallest absolute Gasteiger partial charge is 0.254 e. The van der Waals surface area contributed by atoms with Gasteiger partial charge in [0.05, 0.1) is 51.0 Å². The third-order valence-electron chi connectivity index (χ3n) is 21.7. The molecule has 650 valence electrons. The molecule has 0 aromatic heterocycles. The van der Waals surface area contributed by atoms with E-state index in [4.69, 9.17) is 0 Å². The van der Waals surface area contributed by atoms with Crippen molar-refractivity contribution in [2.45, 2.75) is 91.9 Å². The van der Waals surface area contributed by atoms with Gasteiger partial charge in [-0.15, -0.1) is 26.3 Å². The van der Waals surface area contributed by atoms with Gasteiger partial charge in [-0.2, -0.15) is 20.4 Å². The monoisotopic (exact) mass is 1670 g/mol. The molecule has 0 aliphatic carbocycles. The van der Waals surface area contributed by atoms with Gasteiger partial charge in [0.2, 0.25) is 0 Å². The molecule has 4 aliphatic rings. The van der Waals surface area contributed by atoms with Gasteiger partial charge in [0, 0.05) is 153 Å². The molecule has 8 N–H and O–H groups in total. The number of phenolic OH excluding ortho intramolecular Hbond substituents is 4. The number of carbonyl (C=O) groups is 4. The van der Waals surface area contributed by atoms with E-state index >= 15 is 0 Å². The molecule has 4 amide bonds. The Hall–Kier alpha value is -11.9. The number of hydrogen-bond donors (Lipinski definition) is 8. The molecule has 24 nitrogen and oxygen atoms in total. The summed E-state index contributed by atoms with van der Waals surface area (Å²) in [4.78, 5) is 66.9. The molecule has 8 aromatic rings. The third kappa shape index (κ3) is 32.5. The van der Waals surface area contributed by atoms with E-state index in [9.17, 15) is 44.0 Å². The Morgan fingerprint density at radius 2 is 0.602 bits per heavy atom. The maximum absolute atomic E-state index is 13.0. The fourth-order valence-corrected chi connectivity index (χ4v) is 14.4. The summed E-state index contributed by atoms with van der Waals surface area (Å²) < 4.78 is 13.0. The van der Waals surface area contributed by atoms with Crippen molar-refractivity contribution in [2.75, 3.05) is 131 Å². The zero-order valence-electron chi connectivity index (χ0n) is 72.1. The van der Waals surface area contributed by atoms with E-state index in [2.05, 4.69) is 209 Å². The van der Waals surface area contributed by atoms with Gasteiger partial charge < -0.3 is 20.4 Å². The van der Waals surface area contributed by atoms with E-state index in [-0.39, 0.29) is 64.4 Å². The second kappa shape index (κ2) is 49.9. The normalized spacial score (nSPS) is 15.4. The van der Waals surface area contributed by atoms with E-state index < -0.39 is 0 Å². The van der Waals surface area contributed by atoms with E-state index in [1.54, 1.807) is 60.7 Å². The summed E-state index contributed by atoms with van der Waals surface area (Å²) in [7, 11) is 0. The van der Waals surface area contributed by atoms with Gasteiger partial charge in [-0.1, -0.05) is 179 Å². The number of benzene rings is 8. The summed E-state index contributed by atoms with van der Waals surface area (Å²) in [5.41, 5.74) is 24.8. The molecule has 0 radical (unpaired) electrons. The number of phenols is 4. The van der Waals surface area contributed by atoms with Crippen LogP contribution in [0.15, 0.2) is 241 Å². The highest BCUT2D eigenvalue weighted by molar-refractivity contribution is 5.89. The van der Waals surface area contributed by atoms with Crippen molar-refractivity contribution in [2.24, 2.45) is 20.4 Å². The Morgan fingerprint density at radius 3 is 0.878 bits per heavy atom. The Balaban J connectivity index is 0.000000186. The van der Waals surface area contributed by atoms with Gasteiger partial charge in [-0.25, -0.2) is 26.1 Å². The predicted molar refractivity (Wildman–Crippen MR) is 492 cm³/mol. The fourth-order valence-electron chi connectivity index (χ4n) is 14.4. The molecule has 0 spiro atoms. The van der Waals surface area contributed by atoms with Crippen LogP contribution in [0.3, 0.4) is 0 Å². The van der Waals surface area contributed by atoms with Crippen LogP contribution >= 0.6 is 0 Å². The van der Waals surface area contributed by atoms with Crippen molar-refractivity contribution in [3.8, 4) is 23.0 Å². The number of aryl methyl sites for hydroxylation is 2. The zero-order valence-corrected chi connectivity index (χ0v) is 72.1. The number of piperazine rings is 4. The lowest BCUT2D eigenvalue weighted by atomic mass is 9.87. The van der Waals surface area contributed by atoms with Crippen LogP contribution in [-0.2, 0) is 76.5 Å². The molecule has 4 fully saturated rings. The van der Waals surface area contributed by atoms with Crippen molar-refractivity contribution in [3.05, 3.63) is 310 Å². The molecular weight excluding hydrogens is 1550 g/mol. The van der Waals surface area contributed by atoms with E-state index in [0.29, 0.717) is 67.6 Å². The summed E-state index contributed by atoms with van der Waals surface area (Å²) in [6, 6.07) is 54.3. The third-order valence-corrected chi connectivity index (χ3v) is 21.7. The molecule has 0 saturated carbocycles. The Morgan fingerprint density at radius 1 is 0.341 bits per heavy atom. The van der Waals surface area contributed by atoms with Crippen molar-refractivity contribution in [3.63, 3.8) is 0 Å². The molecule has 4 aliphatic heterocycles. The summed E-state index contributed by atoms with van der Waals surface area (Å²) in [5.74, 6) is -0.233. The molecule has 0 atom stereocenters. The van der Waals surface area contributed by atoms with Gasteiger partial charge in [0.25, 0.3) is 23.6 Å². The standard InChI is InChI=1S/C27H36N4O2.C25H32N4O2.C23H27FN4O2.C23H28N4O2/c1-5-7-22-8-6-9-23(26(22)33)18-28-29-25(32)20-31-16-14-30(15-17-31)19-21-10-12-24(13-11-21)27(2,3)4;1-4-6-22-7-5-8-23(25(22)31)16-26-27-24(30)18-29-13-11-28(12-14-29)17-21-10-9-19(2)20(3)15-21;1-2-4-19-5-3-6-20(23(19)30)15-25-26-22(29)17-28-13-11-27(12-14-28)16-18-7-9-21(24)10-8-18;1-2-7-20-10-6-11-21(23(20)29)16-24-25-22(28)18-27-14-12-26(13-15-27)17-19-8-4-3-5-9-19/h5-6,8-13,18,33H,1,7,14-17,19-20H2,2-4H3,(H,29,32);4-5,7-10,15-16,31H,1,6,11-14,17-18H2,2-3H3,(H,27,30);2-3,5-10,15,30H,1,4,11-14,16-17H2,(H,26,29);2-6,8-11,16,29H,1,7,12-15,17-18H2,(H,25,28)/b28-18+;26-16+;25-15+;24-16+. The van der Waals surface area contributed by atoms with Crippen LogP contribution in [0, 0.1) is 19.7 Å². The highest BCUT2D eigenvalue weighted by Crippen LogP contribution is 2.27. The molecule has 12 rings (SSSR count). The van der Waals surface area contributed by atoms with Crippen molar-refractivity contribution in [1.82, 2.24) is 60.9 Å². The van der Waals surface area contributed by atoms with Crippen molar-refractivity contribution >= 4 is 48.5 Å². The first-order valence-corrected chi connectivity index (χ1v) is 42.1. The van der Waals surface area contributed by atoms with Crippen LogP contribution in [0.2, 0.25) is 0 Å². The number of aromatic hydroxyl groups is 4. The van der Waals surface area contributed by atoms with Crippen LogP contribution in [-0.4, -0.2) is 239 Å². The van der Waals surface area contributed by atoms with Gasteiger partial charge in [0.1, 0.15) is 28.8 Å². The van der Waals surface area contributed by atoms with Crippen LogP contribution in [0.5, 0.6) is 23.0 Å². The SMILES string of the molecule is C=CCc1cccc(/C=N/NC(=O)CN2CCN(Cc3ccc(C(C)(C)C)cc3)CC2)c1O.C=CCc1cccc(/C=N/NC(=O)CN2CCN(Cc3ccc(C)c(C)c3)CC2)c1O.C=CCc1cccc(/C=N/NC(=O)CN2CCN(Cc3ccc(F)cc3)CC2)c1O.C=CCc1cccc(/C=N/NC(=O)CN2CCN(Cc3ccccc3)CC2)c1O. The number of hydrazone groups is 4. The average molecular weight is 1670 g/mol. The molecule has 4 heterocycles. The number of nitrogens with one attached hydrogen (secondary N) is 4. The first-order valence-electron chi connectivity index (χ1n) is 42.1. The van der Waals surface area contributed by atoms with Crippen LogP contribution in [0.4, 0.5) is 4.39 Å². The number of allylic oxidation sites excluding steroid dienone is 4. The summed E-state index contributed by atoms with van der Waals surface area (Å²) >= 11 is 0. The zero-order chi connectivity index (χ0) is 87.9.